The van der Waals surface area contributed by atoms with Gasteiger partial charge < -0.3 is 0 Å². The standard InChI is InChI=1S/C17H14N2/c1-19-12-5-3-10-17(19)15-8-6-7-14(13-15)16-9-2-4-11-18-16/h2-13H,1H2. The van der Waals surface area contributed by atoms with Gasteiger partial charge in [0, 0.05) is 6.20 Å². The fourth-order valence-corrected chi connectivity index (χ4v) is 2.11. The third kappa shape index (κ3) is 2.33. The highest BCUT2D eigenvalue weighted by atomic mass is 15.0. The minimum atomic E-state index is 0.982. The average Bonchev–Trinajstić information content (AvgIpc) is 2.49. The van der Waals surface area contributed by atoms with E-state index >= 15 is 0 Å². The summed E-state index contributed by atoms with van der Waals surface area (Å²) in [4.78, 5) is 4.38. The third-order valence-corrected chi connectivity index (χ3v) is 3.06. The second-order valence-corrected chi connectivity index (χ2v) is 4.35. The smallest absolute Gasteiger partial charge is 0.147 e. The van der Waals surface area contributed by atoms with E-state index in [4.69, 9.17) is 0 Å². The van der Waals surface area contributed by atoms with Crippen molar-refractivity contribution >= 4 is 6.72 Å². The maximum absolute atomic E-state index is 4.38. The zero-order chi connectivity index (χ0) is 13.1. The van der Waals surface area contributed by atoms with Crippen LogP contribution in [0.4, 0.5) is 0 Å². The van der Waals surface area contributed by atoms with Crippen molar-refractivity contribution in [2.45, 2.75) is 0 Å². The van der Waals surface area contributed by atoms with Crippen LogP contribution in [0.3, 0.4) is 0 Å². The van der Waals surface area contributed by atoms with Crippen molar-refractivity contribution in [1.82, 2.24) is 4.98 Å². The van der Waals surface area contributed by atoms with Crippen LogP contribution in [0.15, 0.2) is 73.1 Å². The quantitative estimate of drug-likeness (QED) is 0.585. The van der Waals surface area contributed by atoms with Crippen molar-refractivity contribution in [3.63, 3.8) is 0 Å². The first-order chi connectivity index (χ1) is 9.34. The van der Waals surface area contributed by atoms with Crippen LogP contribution in [0.2, 0.25) is 0 Å². The van der Waals surface area contributed by atoms with Gasteiger partial charge in [-0.3, -0.25) is 9.56 Å². The van der Waals surface area contributed by atoms with Gasteiger partial charge in [0.05, 0.1) is 12.4 Å². The van der Waals surface area contributed by atoms with Crippen molar-refractivity contribution in [3.8, 4) is 11.3 Å². The molecule has 0 saturated heterocycles. The van der Waals surface area contributed by atoms with Gasteiger partial charge in [-0.15, -0.1) is 12.1 Å². The molecule has 92 valence electrons. The lowest BCUT2D eigenvalue weighted by Crippen LogP contribution is -2.12. The van der Waals surface area contributed by atoms with Crippen LogP contribution >= 0.6 is 0 Å². The molecule has 1 aliphatic rings. The zero-order valence-electron chi connectivity index (χ0n) is 10.5. The second-order valence-electron chi connectivity index (χ2n) is 4.35. The third-order valence-electron chi connectivity index (χ3n) is 3.06. The van der Waals surface area contributed by atoms with E-state index in [9.17, 15) is 0 Å². The predicted octanol–water partition coefficient (Wildman–Crippen LogP) is 3.43. The molecule has 0 radical (unpaired) electrons. The molecule has 19 heavy (non-hydrogen) atoms. The highest BCUT2D eigenvalue weighted by Gasteiger charge is 2.13. The van der Waals surface area contributed by atoms with Gasteiger partial charge in [0.15, 0.2) is 0 Å². The summed E-state index contributed by atoms with van der Waals surface area (Å²) in [5, 5.41) is 0. The van der Waals surface area contributed by atoms with Crippen molar-refractivity contribution in [2.24, 2.45) is 0 Å². The highest BCUT2D eigenvalue weighted by Crippen LogP contribution is 2.25. The van der Waals surface area contributed by atoms with Crippen LogP contribution in [0.5, 0.6) is 0 Å². The van der Waals surface area contributed by atoms with E-state index < -0.39 is 0 Å². The Hall–Kier alpha value is -2.61. The van der Waals surface area contributed by atoms with Crippen LogP contribution < -0.4 is 0 Å². The Kier molecular flexibility index (Phi) is 2.99. The number of hydrogen-bond donors (Lipinski definition) is 0. The fraction of sp³-hybridized carbons (Fsp3) is 0. The number of aromatic nitrogens is 1. The van der Waals surface area contributed by atoms with Crippen LogP contribution in [0, 0.1) is 6.04 Å². The number of benzene rings is 1. The largest absolute Gasteiger partial charge is 0.257 e. The SMILES string of the molecule is C=[N+]1C=CC=C[C-]1c1cccc(-c2ccccn2)c1. The number of hydrogen-bond acceptors (Lipinski definition) is 1. The zero-order valence-corrected chi connectivity index (χ0v) is 10.5. The molecule has 1 aromatic heterocycles. The molecule has 0 aliphatic carbocycles. The summed E-state index contributed by atoms with van der Waals surface area (Å²) >= 11 is 0. The first-order valence-electron chi connectivity index (χ1n) is 6.18. The molecule has 2 aromatic rings. The Morgan fingerprint density at radius 1 is 1.05 bits per heavy atom. The molecule has 2 heterocycles. The Bertz CT molecular complexity index is 654. The molecule has 0 fully saturated rings. The van der Waals surface area contributed by atoms with Crippen LogP contribution in [-0.2, 0) is 0 Å². The molecule has 1 aliphatic heterocycles. The summed E-state index contributed by atoms with van der Waals surface area (Å²) in [5.41, 5.74) is 3.23. The maximum atomic E-state index is 4.38. The van der Waals surface area contributed by atoms with Crippen molar-refractivity contribution < 1.29 is 4.58 Å². The normalized spacial score (nSPS) is 13.9. The van der Waals surface area contributed by atoms with Crippen molar-refractivity contribution in [2.75, 3.05) is 0 Å². The van der Waals surface area contributed by atoms with Gasteiger partial charge in [0.2, 0.25) is 0 Å². The van der Waals surface area contributed by atoms with E-state index in [0.717, 1.165) is 22.9 Å². The van der Waals surface area contributed by atoms with Gasteiger partial charge in [-0.05, 0) is 29.3 Å². The minimum Gasteiger partial charge on any atom is -0.257 e. The van der Waals surface area contributed by atoms with Crippen LogP contribution in [0.1, 0.15) is 5.56 Å². The summed E-state index contributed by atoms with van der Waals surface area (Å²) in [5.74, 6) is 0. The first-order valence-corrected chi connectivity index (χ1v) is 6.18. The molecule has 3 rings (SSSR count). The number of pyridine rings is 1. The molecule has 0 unspecified atom stereocenters. The van der Waals surface area contributed by atoms with Gasteiger partial charge in [-0.25, -0.2) is 0 Å². The van der Waals surface area contributed by atoms with E-state index in [1.54, 1.807) is 0 Å². The van der Waals surface area contributed by atoms with E-state index in [2.05, 4.69) is 36.0 Å². The minimum absolute atomic E-state index is 0.982. The topological polar surface area (TPSA) is 15.9 Å². The van der Waals surface area contributed by atoms with Gasteiger partial charge >= 0.3 is 0 Å². The van der Waals surface area contributed by atoms with E-state index in [1.165, 1.54) is 0 Å². The monoisotopic (exact) mass is 246 g/mol. The highest BCUT2D eigenvalue weighted by molar-refractivity contribution is 5.61. The molecule has 0 amide bonds. The molecule has 0 spiro atoms. The second kappa shape index (κ2) is 4.94. The number of nitrogens with zero attached hydrogens (tertiary/aromatic N) is 2. The Morgan fingerprint density at radius 2 is 2.00 bits per heavy atom. The molecule has 2 heteroatoms. The molecule has 0 bridgehead atoms. The lowest BCUT2D eigenvalue weighted by molar-refractivity contribution is -0.417. The molecule has 1 aromatic carbocycles. The Morgan fingerprint density at radius 3 is 2.79 bits per heavy atom. The summed E-state index contributed by atoms with van der Waals surface area (Å²) in [6.07, 6.45) is 9.81. The summed E-state index contributed by atoms with van der Waals surface area (Å²) < 4.78 is 1.87. The molecular formula is C17H14N2. The molecule has 0 saturated carbocycles. The van der Waals surface area contributed by atoms with Crippen molar-refractivity contribution in [1.29, 1.82) is 0 Å². The molecule has 2 nitrogen and oxygen atoms in total. The van der Waals surface area contributed by atoms with E-state index in [0.29, 0.717) is 0 Å². The van der Waals surface area contributed by atoms with E-state index in [-0.39, 0.29) is 0 Å². The van der Waals surface area contributed by atoms with Crippen molar-refractivity contribution in [3.05, 3.63) is 84.7 Å². The van der Waals surface area contributed by atoms with Crippen LogP contribution in [-0.4, -0.2) is 16.3 Å². The van der Waals surface area contributed by atoms with E-state index in [1.807, 2.05) is 53.4 Å². The Labute approximate surface area is 113 Å². The maximum Gasteiger partial charge on any atom is 0.147 e. The predicted molar refractivity (Wildman–Crippen MR) is 77.7 cm³/mol. The van der Waals surface area contributed by atoms with Gasteiger partial charge in [0.25, 0.3) is 0 Å². The molecule has 0 N–H and O–H groups in total. The fourth-order valence-electron chi connectivity index (χ4n) is 2.11. The Balaban J connectivity index is 1.99. The number of rotatable bonds is 2. The molecular weight excluding hydrogens is 232 g/mol. The summed E-state index contributed by atoms with van der Waals surface area (Å²) in [6.45, 7) is 4.00. The van der Waals surface area contributed by atoms with Gasteiger partial charge in [-0.1, -0.05) is 30.3 Å². The summed E-state index contributed by atoms with van der Waals surface area (Å²) in [6, 6.07) is 15.4. The molecule has 0 atom stereocenters. The lowest BCUT2D eigenvalue weighted by Gasteiger charge is -2.17. The van der Waals surface area contributed by atoms with Gasteiger partial charge in [0.1, 0.15) is 12.2 Å². The van der Waals surface area contributed by atoms with Gasteiger partial charge in [-0.2, -0.15) is 0 Å². The lowest BCUT2D eigenvalue weighted by atomic mass is 10.0. The van der Waals surface area contributed by atoms with Crippen LogP contribution in [0.25, 0.3) is 11.3 Å². The average molecular weight is 246 g/mol. The first kappa shape index (κ1) is 11.5. The number of allylic oxidation sites excluding steroid dienone is 2. The summed E-state index contributed by atoms with van der Waals surface area (Å²) in [7, 11) is 0.